The molecule has 0 aliphatic carbocycles. The number of fused-ring (bicyclic) bond motifs is 1. The molecule has 0 radical (unpaired) electrons. The van der Waals surface area contributed by atoms with Crippen LogP contribution >= 0.6 is 0 Å². The van der Waals surface area contributed by atoms with E-state index in [9.17, 15) is 23.5 Å². The van der Waals surface area contributed by atoms with E-state index in [1.54, 1.807) is 6.92 Å². The lowest BCUT2D eigenvalue weighted by Gasteiger charge is -2.29. The number of benzene rings is 1. The van der Waals surface area contributed by atoms with Gasteiger partial charge in [-0.05, 0) is 19.4 Å². The molecule has 0 fully saturated rings. The van der Waals surface area contributed by atoms with Gasteiger partial charge in [-0.25, -0.2) is 18.6 Å². The Kier molecular flexibility index (Phi) is 4.83. The van der Waals surface area contributed by atoms with Crippen LogP contribution in [0.5, 0.6) is 5.75 Å². The van der Waals surface area contributed by atoms with Gasteiger partial charge in [-0.2, -0.15) is 0 Å². The number of nitrogens with zero attached hydrogens (tertiary/aromatic N) is 2. The maximum atomic E-state index is 13.9. The Balaban J connectivity index is 1.92. The molecule has 0 unspecified atom stereocenters. The first-order chi connectivity index (χ1) is 12.4. The second-order valence-corrected chi connectivity index (χ2v) is 5.78. The number of hydrogen-bond acceptors (Lipinski definition) is 5. The molecule has 2 aromatic rings. The molecule has 0 atom stereocenters. The van der Waals surface area contributed by atoms with Crippen LogP contribution in [0.2, 0.25) is 0 Å². The standard InChI is InChI=1S/C18H16F2N2O4/c1-2-26-18(25)16-12-5-6-22(17(24)15(12)14(23)8-21-16)9-10-3-4-11(19)7-13(10)20/h3-4,7-8,23H,2,5-6,9H2,1H3. The number of halogens is 2. The van der Waals surface area contributed by atoms with Crippen LogP contribution in [0.15, 0.2) is 24.4 Å². The summed E-state index contributed by atoms with van der Waals surface area (Å²) in [6.45, 7) is 1.91. The number of carbonyl (C=O) groups is 2. The van der Waals surface area contributed by atoms with Crippen molar-refractivity contribution in [1.82, 2.24) is 9.88 Å². The van der Waals surface area contributed by atoms with E-state index in [1.165, 1.54) is 11.0 Å². The van der Waals surface area contributed by atoms with Crippen LogP contribution in [0.25, 0.3) is 0 Å². The minimum absolute atomic E-state index is 0.0133. The minimum atomic E-state index is -0.755. The van der Waals surface area contributed by atoms with Crippen molar-refractivity contribution in [3.05, 3.63) is 58.4 Å². The molecule has 26 heavy (non-hydrogen) atoms. The van der Waals surface area contributed by atoms with Crippen LogP contribution in [0, 0.1) is 11.6 Å². The molecule has 136 valence electrons. The van der Waals surface area contributed by atoms with Crippen LogP contribution in [0.1, 0.15) is 38.9 Å². The van der Waals surface area contributed by atoms with Crippen molar-refractivity contribution in [1.29, 1.82) is 0 Å². The van der Waals surface area contributed by atoms with Crippen LogP contribution in [0.4, 0.5) is 8.78 Å². The zero-order chi connectivity index (χ0) is 18.8. The number of hydrogen-bond donors (Lipinski definition) is 1. The molecule has 1 aromatic heterocycles. The van der Waals surface area contributed by atoms with E-state index in [0.29, 0.717) is 5.56 Å². The summed E-state index contributed by atoms with van der Waals surface area (Å²) in [7, 11) is 0. The molecule has 8 heteroatoms. The molecule has 0 spiro atoms. The Morgan fingerprint density at radius 3 is 2.85 bits per heavy atom. The summed E-state index contributed by atoms with van der Waals surface area (Å²) < 4.78 is 31.8. The van der Waals surface area contributed by atoms with Crippen molar-refractivity contribution in [2.45, 2.75) is 19.9 Å². The largest absolute Gasteiger partial charge is 0.505 e. The first kappa shape index (κ1) is 17.8. The molecule has 2 heterocycles. The number of ether oxygens (including phenoxy) is 1. The third-order valence-electron chi connectivity index (χ3n) is 4.14. The highest BCUT2D eigenvalue weighted by Gasteiger charge is 2.32. The average Bonchev–Trinajstić information content (AvgIpc) is 2.59. The second kappa shape index (κ2) is 7.07. The number of pyridine rings is 1. The van der Waals surface area contributed by atoms with Crippen molar-refractivity contribution in [3.63, 3.8) is 0 Å². The van der Waals surface area contributed by atoms with E-state index in [2.05, 4.69) is 4.98 Å². The van der Waals surface area contributed by atoms with Gasteiger partial charge in [-0.3, -0.25) is 4.79 Å². The van der Waals surface area contributed by atoms with Crippen molar-refractivity contribution in [2.75, 3.05) is 13.2 Å². The molecule has 1 N–H and O–H groups in total. The Bertz CT molecular complexity index is 886. The SMILES string of the molecule is CCOC(=O)c1ncc(O)c2c1CCN(Cc1ccc(F)cc1F)C2=O. The van der Waals surface area contributed by atoms with Gasteiger partial charge in [0.25, 0.3) is 5.91 Å². The van der Waals surface area contributed by atoms with E-state index in [0.717, 1.165) is 18.3 Å². The molecule has 3 rings (SSSR count). The summed E-state index contributed by atoms with van der Waals surface area (Å²) in [5.74, 6) is -3.04. The van der Waals surface area contributed by atoms with Gasteiger partial charge < -0.3 is 14.7 Å². The predicted molar refractivity (Wildman–Crippen MR) is 86.7 cm³/mol. The fraction of sp³-hybridized carbons (Fsp3) is 0.278. The molecule has 1 aliphatic heterocycles. The zero-order valence-electron chi connectivity index (χ0n) is 14.0. The van der Waals surface area contributed by atoms with Gasteiger partial charge in [-0.15, -0.1) is 0 Å². The fourth-order valence-corrected chi connectivity index (χ4v) is 2.91. The summed E-state index contributed by atoms with van der Waals surface area (Å²) >= 11 is 0. The number of carbonyl (C=O) groups excluding carboxylic acids is 2. The Morgan fingerprint density at radius 1 is 1.38 bits per heavy atom. The fourth-order valence-electron chi connectivity index (χ4n) is 2.91. The summed E-state index contributed by atoms with van der Waals surface area (Å²) in [6.07, 6.45) is 1.27. The second-order valence-electron chi connectivity index (χ2n) is 5.78. The van der Waals surface area contributed by atoms with Crippen molar-refractivity contribution in [3.8, 4) is 5.75 Å². The highest BCUT2D eigenvalue weighted by Crippen LogP contribution is 2.30. The van der Waals surface area contributed by atoms with E-state index >= 15 is 0 Å². The Morgan fingerprint density at radius 2 is 2.15 bits per heavy atom. The molecular formula is C18H16F2N2O4. The first-order valence-electron chi connectivity index (χ1n) is 8.03. The van der Waals surface area contributed by atoms with Crippen LogP contribution in [-0.4, -0.2) is 40.0 Å². The maximum absolute atomic E-state index is 13.9. The highest BCUT2D eigenvalue weighted by molar-refractivity contribution is 6.02. The number of rotatable bonds is 4. The number of amides is 1. The van der Waals surface area contributed by atoms with Crippen LogP contribution in [-0.2, 0) is 17.7 Å². The summed E-state index contributed by atoms with van der Waals surface area (Å²) in [6, 6.07) is 3.13. The van der Waals surface area contributed by atoms with Gasteiger partial charge in [0.2, 0.25) is 0 Å². The average molecular weight is 362 g/mol. The van der Waals surface area contributed by atoms with Gasteiger partial charge in [0.05, 0.1) is 18.4 Å². The number of esters is 1. The Labute approximate surface area is 148 Å². The summed E-state index contributed by atoms with van der Waals surface area (Å²) in [4.78, 5) is 30.0. The van der Waals surface area contributed by atoms with Crippen LogP contribution < -0.4 is 0 Å². The molecule has 1 aromatic carbocycles. The number of aromatic hydroxyl groups is 1. The first-order valence-corrected chi connectivity index (χ1v) is 8.03. The molecule has 1 amide bonds. The molecule has 0 saturated carbocycles. The molecule has 0 saturated heterocycles. The topological polar surface area (TPSA) is 79.7 Å². The van der Waals surface area contributed by atoms with E-state index in [-0.39, 0.29) is 48.7 Å². The van der Waals surface area contributed by atoms with Gasteiger partial charge in [0, 0.05) is 30.3 Å². The Hall–Kier alpha value is -3.03. The van der Waals surface area contributed by atoms with Crippen LogP contribution in [0.3, 0.4) is 0 Å². The smallest absolute Gasteiger partial charge is 0.357 e. The lowest BCUT2D eigenvalue weighted by Crippen LogP contribution is -2.38. The van der Waals surface area contributed by atoms with Gasteiger partial charge in [0.15, 0.2) is 5.69 Å². The summed E-state index contributed by atoms with van der Waals surface area (Å²) in [5, 5.41) is 10.1. The van der Waals surface area contributed by atoms with Crippen molar-refractivity contribution < 1.29 is 28.2 Å². The number of aromatic nitrogens is 1. The van der Waals surface area contributed by atoms with E-state index in [4.69, 9.17) is 4.74 Å². The normalized spacial score (nSPS) is 13.5. The van der Waals surface area contributed by atoms with Crippen molar-refractivity contribution in [2.24, 2.45) is 0 Å². The lowest BCUT2D eigenvalue weighted by atomic mass is 9.96. The minimum Gasteiger partial charge on any atom is -0.505 e. The van der Waals surface area contributed by atoms with Gasteiger partial charge in [0.1, 0.15) is 17.4 Å². The van der Waals surface area contributed by atoms with E-state index in [1.807, 2.05) is 0 Å². The lowest BCUT2D eigenvalue weighted by molar-refractivity contribution is 0.0517. The third kappa shape index (κ3) is 3.22. The van der Waals surface area contributed by atoms with E-state index < -0.39 is 23.5 Å². The van der Waals surface area contributed by atoms with Crippen molar-refractivity contribution >= 4 is 11.9 Å². The maximum Gasteiger partial charge on any atom is 0.357 e. The quantitative estimate of drug-likeness (QED) is 0.845. The molecule has 1 aliphatic rings. The highest BCUT2D eigenvalue weighted by atomic mass is 19.1. The summed E-state index contributed by atoms with van der Waals surface area (Å²) in [5.41, 5.74) is 0.407. The zero-order valence-corrected chi connectivity index (χ0v) is 14.0. The molecule has 0 bridgehead atoms. The predicted octanol–water partition coefficient (Wildman–Crippen LogP) is 2.44. The molecular weight excluding hydrogens is 346 g/mol. The third-order valence-corrected chi connectivity index (χ3v) is 4.14. The van der Waals surface area contributed by atoms with Gasteiger partial charge >= 0.3 is 5.97 Å². The monoisotopic (exact) mass is 362 g/mol. The molecule has 6 nitrogen and oxygen atoms in total. The van der Waals surface area contributed by atoms with Gasteiger partial charge in [-0.1, -0.05) is 6.07 Å².